The minimum absolute atomic E-state index is 0.0932. The van der Waals surface area contributed by atoms with Crippen LogP contribution in [0.25, 0.3) is 0 Å². The first-order valence-electron chi connectivity index (χ1n) is 7.24. The summed E-state index contributed by atoms with van der Waals surface area (Å²) in [5.41, 5.74) is 1.86. The van der Waals surface area contributed by atoms with E-state index < -0.39 is 0 Å². The molecule has 1 fully saturated rings. The van der Waals surface area contributed by atoms with Crippen LogP contribution in [0.15, 0.2) is 18.2 Å². The summed E-state index contributed by atoms with van der Waals surface area (Å²) in [4.78, 5) is 2.21. The molecule has 0 radical (unpaired) electrons. The van der Waals surface area contributed by atoms with Gasteiger partial charge >= 0.3 is 0 Å². The van der Waals surface area contributed by atoms with E-state index in [2.05, 4.69) is 37.9 Å². The molecule has 1 aromatic rings. The van der Waals surface area contributed by atoms with E-state index in [9.17, 15) is 4.39 Å². The zero-order chi connectivity index (χ0) is 14.0. The van der Waals surface area contributed by atoms with Gasteiger partial charge in [0.1, 0.15) is 5.82 Å². The average molecular weight is 264 g/mol. The van der Waals surface area contributed by atoms with Crippen LogP contribution in [0.5, 0.6) is 0 Å². The molecule has 0 saturated carbocycles. The number of benzene rings is 1. The van der Waals surface area contributed by atoms with Crippen molar-refractivity contribution in [1.29, 1.82) is 0 Å². The maximum atomic E-state index is 14.2. The van der Waals surface area contributed by atoms with Gasteiger partial charge in [-0.3, -0.25) is 0 Å². The molecule has 0 aromatic heterocycles. The second-order valence-electron chi connectivity index (χ2n) is 6.14. The van der Waals surface area contributed by atoms with E-state index >= 15 is 0 Å². The van der Waals surface area contributed by atoms with Crippen LogP contribution in [0.1, 0.15) is 33.3 Å². The average Bonchev–Trinajstić information content (AvgIpc) is 2.66. The fourth-order valence-electron chi connectivity index (χ4n) is 2.68. The quantitative estimate of drug-likeness (QED) is 0.896. The van der Waals surface area contributed by atoms with Gasteiger partial charge in [-0.05, 0) is 23.5 Å². The van der Waals surface area contributed by atoms with Crippen LogP contribution in [0.3, 0.4) is 0 Å². The van der Waals surface area contributed by atoms with Crippen molar-refractivity contribution < 1.29 is 4.39 Å². The summed E-state index contributed by atoms with van der Waals surface area (Å²) >= 11 is 0. The monoisotopic (exact) mass is 264 g/mol. The Bertz CT molecular complexity index is 421. The van der Waals surface area contributed by atoms with Crippen LogP contribution >= 0.6 is 0 Å². The number of anilines is 1. The van der Waals surface area contributed by atoms with Gasteiger partial charge in [0.25, 0.3) is 0 Å². The van der Waals surface area contributed by atoms with Crippen LogP contribution in [0, 0.1) is 17.7 Å². The van der Waals surface area contributed by atoms with Crippen molar-refractivity contribution in [3.8, 4) is 0 Å². The van der Waals surface area contributed by atoms with Gasteiger partial charge in [0, 0.05) is 25.7 Å². The van der Waals surface area contributed by atoms with Crippen molar-refractivity contribution in [2.45, 2.75) is 40.3 Å². The van der Waals surface area contributed by atoms with Crippen LogP contribution in [0.2, 0.25) is 0 Å². The highest BCUT2D eigenvalue weighted by molar-refractivity contribution is 5.55. The molecule has 1 saturated heterocycles. The van der Waals surface area contributed by atoms with Crippen molar-refractivity contribution >= 4 is 5.69 Å². The van der Waals surface area contributed by atoms with Crippen molar-refractivity contribution in [3.05, 3.63) is 29.6 Å². The topological polar surface area (TPSA) is 15.3 Å². The van der Waals surface area contributed by atoms with E-state index in [0.717, 1.165) is 30.9 Å². The summed E-state index contributed by atoms with van der Waals surface area (Å²) < 4.78 is 14.2. The molecular weight excluding hydrogens is 239 g/mol. The van der Waals surface area contributed by atoms with Gasteiger partial charge in [-0.15, -0.1) is 0 Å². The van der Waals surface area contributed by atoms with E-state index in [1.165, 1.54) is 0 Å². The highest BCUT2D eigenvalue weighted by Gasteiger charge is 2.28. The highest BCUT2D eigenvalue weighted by Crippen LogP contribution is 2.32. The SMILES string of the molecule is CC(C)NCc1cccc(F)c1N1CC(C)C(C)C1. The summed E-state index contributed by atoms with van der Waals surface area (Å²) in [6, 6.07) is 5.81. The van der Waals surface area contributed by atoms with Gasteiger partial charge in [-0.25, -0.2) is 4.39 Å². The number of nitrogens with zero attached hydrogens (tertiary/aromatic N) is 1. The zero-order valence-corrected chi connectivity index (χ0v) is 12.4. The molecule has 1 aromatic carbocycles. The summed E-state index contributed by atoms with van der Waals surface area (Å²) in [5.74, 6) is 1.17. The van der Waals surface area contributed by atoms with E-state index in [0.29, 0.717) is 17.9 Å². The molecule has 1 aliphatic heterocycles. The number of hydrogen-bond acceptors (Lipinski definition) is 2. The molecule has 19 heavy (non-hydrogen) atoms. The Labute approximate surface area is 116 Å². The maximum Gasteiger partial charge on any atom is 0.146 e. The lowest BCUT2D eigenvalue weighted by atomic mass is 10.0. The third kappa shape index (κ3) is 3.27. The predicted octanol–water partition coefficient (Wildman–Crippen LogP) is 3.42. The second kappa shape index (κ2) is 5.91. The zero-order valence-electron chi connectivity index (χ0n) is 12.4. The molecule has 0 bridgehead atoms. The van der Waals surface area contributed by atoms with Crippen LogP contribution in [-0.4, -0.2) is 19.1 Å². The Morgan fingerprint density at radius 1 is 1.26 bits per heavy atom. The van der Waals surface area contributed by atoms with E-state index in [1.807, 2.05) is 6.07 Å². The molecule has 2 unspecified atom stereocenters. The first kappa shape index (κ1) is 14.3. The number of rotatable bonds is 4. The van der Waals surface area contributed by atoms with Gasteiger partial charge < -0.3 is 10.2 Å². The smallest absolute Gasteiger partial charge is 0.146 e. The predicted molar refractivity (Wildman–Crippen MR) is 78.9 cm³/mol. The van der Waals surface area contributed by atoms with Crippen LogP contribution in [0.4, 0.5) is 10.1 Å². The Balaban J connectivity index is 2.23. The third-order valence-corrected chi connectivity index (χ3v) is 4.08. The standard InChI is InChI=1S/C16H25FN2/c1-11(2)18-8-14-6-5-7-15(17)16(14)19-9-12(3)13(4)10-19/h5-7,11-13,18H,8-10H2,1-4H3. The Morgan fingerprint density at radius 2 is 1.89 bits per heavy atom. The van der Waals surface area contributed by atoms with Gasteiger partial charge in [-0.1, -0.05) is 39.8 Å². The van der Waals surface area contributed by atoms with Crippen LogP contribution in [-0.2, 0) is 6.54 Å². The van der Waals surface area contributed by atoms with Gasteiger partial charge in [0.15, 0.2) is 0 Å². The molecule has 2 atom stereocenters. The summed E-state index contributed by atoms with van der Waals surface area (Å²) in [6.07, 6.45) is 0. The molecule has 0 amide bonds. The maximum absolute atomic E-state index is 14.2. The lowest BCUT2D eigenvalue weighted by molar-refractivity contribution is 0.494. The first-order valence-corrected chi connectivity index (χ1v) is 7.24. The van der Waals surface area contributed by atoms with Gasteiger partial charge in [0.2, 0.25) is 0 Å². The Morgan fingerprint density at radius 3 is 2.47 bits per heavy atom. The molecule has 1 N–H and O–H groups in total. The molecule has 106 valence electrons. The molecule has 2 nitrogen and oxygen atoms in total. The number of nitrogens with one attached hydrogen (secondary N) is 1. The molecule has 0 aliphatic carbocycles. The van der Waals surface area contributed by atoms with Crippen molar-refractivity contribution in [2.24, 2.45) is 11.8 Å². The number of halogens is 1. The highest BCUT2D eigenvalue weighted by atomic mass is 19.1. The fraction of sp³-hybridized carbons (Fsp3) is 0.625. The van der Waals surface area contributed by atoms with Crippen molar-refractivity contribution in [2.75, 3.05) is 18.0 Å². The molecule has 2 rings (SSSR count). The lowest BCUT2D eigenvalue weighted by Gasteiger charge is -2.23. The second-order valence-corrected chi connectivity index (χ2v) is 6.14. The van der Waals surface area contributed by atoms with Gasteiger partial charge in [0.05, 0.1) is 5.69 Å². The molecule has 3 heteroatoms. The van der Waals surface area contributed by atoms with Gasteiger partial charge in [-0.2, -0.15) is 0 Å². The van der Waals surface area contributed by atoms with E-state index in [4.69, 9.17) is 0 Å². The first-order chi connectivity index (χ1) is 8.99. The van der Waals surface area contributed by atoms with Crippen molar-refractivity contribution in [1.82, 2.24) is 5.32 Å². The van der Waals surface area contributed by atoms with Crippen molar-refractivity contribution in [3.63, 3.8) is 0 Å². The summed E-state index contributed by atoms with van der Waals surface area (Å²) in [7, 11) is 0. The number of hydrogen-bond donors (Lipinski definition) is 1. The summed E-state index contributed by atoms with van der Waals surface area (Å²) in [6.45, 7) is 11.4. The van der Waals surface area contributed by atoms with E-state index in [-0.39, 0.29) is 5.82 Å². The lowest BCUT2D eigenvalue weighted by Crippen LogP contribution is -2.26. The number of para-hydroxylation sites is 1. The minimum atomic E-state index is -0.0932. The Kier molecular flexibility index (Phi) is 4.46. The largest absolute Gasteiger partial charge is 0.368 e. The normalized spacial score (nSPS) is 23.4. The fourth-order valence-corrected chi connectivity index (χ4v) is 2.68. The molecular formula is C16H25FN2. The van der Waals surface area contributed by atoms with E-state index in [1.54, 1.807) is 12.1 Å². The molecule has 0 spiro atoms. The third-order valence-electron chi connectivity index (χ3n) is 4.08. The molecule has 1 aliphatic rings. The minimum Gasteiger partial charge on any atom is -0.368 e. The summed E-state index contributed by atoms with van der Waals surface area (Å²) in [5, 5.41) is 3.38. The Hall–Kier alpha value is -1.09. The van der Waals surface area contributed by atoms with Crippen LogP contribution < -0.4 is 10.2 Å². The molecule has 1 heterocycles.